The van der Waals surface area contributed by atoms with E-state index in [1.165, 1.54) is 0 Å². The molecule has 0 aromatic heterocycles. The molecular formula is C15H28Cl2N4O4. The summed E-state index contributed by atoms with van der Waals surface area (Å²) in [7, 11) is 0. The highest BCUT2D eigenvalue weighted by atomic mass is 35.5. The number of halogens is 2. The van der Waals surface area contributed by atoms with Crippen molar-refractivity contribution in [2.75, 3.05) is 78.7 Å². The molecule has 3 heterocycles. The van der Waals surface area contributed by atoms with Crippen molar-refractivity contribution in [3.05, 3.63) is 0 Å². The molecule has 3 saturated heterocycles. The quantitative estimate of drug-likeness (QED) is 0.644. The smallest absolute Gasteiger partial charge is 0.253 e. The molecule has 0 radical (unpaired) electrons. The van der Waals surface area contributed by atoms with Crippen LogP contribution in [0.1, 0.15) is 0 Å². The summed E-state index contributed by atoms with van der Waals surface area (Å²) >= 11 is 0. The van der Waals surface area contributed by atoms with E-state index in [1.807, 2.05) is 9.80 Å². The first kappa shape index (κ1) is 22.4. The molecule has 0 aromatic carbocycles. The van der Waals surface area contributed by atoms with Gasteiger partial charge in [0.25, 0.3) is 5.91 Å². The van der Waals surface area contributed by atoms with E-state index in [0.717, 1.165) is 19.6 Å². The molecule has 10 heteroatoms. The summed E-state index contributed by atoms with van der Waals surface area (Å²) in [6.45, 7) is 7.84. The van der Waals surface area contributed by atoms with Crippen LogP contribution < -0.4 is 5.32 Å². The topological polar surface area (TPSA) is 74.4 Å². The number of amides is 2. The van der Waals surface area contributed by atoms with E-state index in [-0.39, 0.29) is 42.7 Å². The Hall–Kier alpha value is -0.640. The molecule has 8 nitrogen and oxygen atoms in total. The van der Waals surface area contributed by atoms with Crippen molar-refractivity contribution in [2.45, 2.75) is 6.10 Å². The highest BCUT2D eigenvalue weighted by Gasteiger charge is 2.30. The van der Waals surface area contributed by atoms with Crippen molar-refractivity contribution in [3.8, 4) is 0 Å². The van der Waals surface area contributed by atoms with Crippen LogP contribution in [0.15, 0.2) is 0 Å². The van der Waals surface area contributed by atoms with Crippen LogP contribution in [-0.2, 0) is 19.1 Å². The molecule has 3 aliphatic rings. The van der Waals surface area contributed by atoms with Gasteiger partial charge in [0, 0.05) is 52.4 Å². The van der Waals surface area contributed by atoms with Crippen molar-refractivity contribution in [1.82, 2.24) is 20.0 Å². The summed E-state index contributed by atoms with van der Waals surface area (Å²) in [5.41, 5.74) is 0. The van der Waals surface area contributed by atoms with Crippen molar-refractivity contribution < 1.29 is 19.1 Å². The predicted molar refractivity (Wildman–Crippen MR) is 97.5 cm³/mol. The van der Waals surface area contributed by atoms with E-state index in [4.69, 9.17) is 9.47 Å². The zero-order chi connectivity index (χ0) is 16.1. The van der Waals surface area contributed by atoms with Crippen molar-refractivity contribution in [1.29, 1.82) is 0 Å². The van der Waals surface area contributed by atoms with Gasteiger partial charge in [-0.3, -0.25) is 14.5 Å². The van der Waals surface area contributed by atoms with Crippen LogP contribution in [0.4, 0.5) is 0 Å². The SMILES string of the molecule is Cl.Cl.O=C(CN1CCN(C(=O)C2CNCCO2)CC1)N1CCOCC1. The Labute approximate surface area is 161 Å². The molecule has 0 bridgehead atoms. The lowest BCUT2D eigenvalue weighted by Crippen LogP contribution is -2.56. The summed E-state index contributed by atoms with van der Waals surface area (Å²) in [6, 6.07) is 0. The number of nitrogens with zero attached hydrogens (tertiary/aromatic N) is 3. The molecule has 0 aromatic rings. The van der Waals surface area contributed by atoms with Gasteiger partial charge in [0.1, 0.15) is 6.10 Å². The number of piperazine rings is 1. The summed E-state index contributed by atoms with van der Waals surface area (Å²) in [5, 5.41) is 3.18. The standard InChI is InChI=1S/C15H26N4O4.2ClH/c20-14(18-6-9-22-10-7-18)12-17-2-4-19(5-3-17)15(21)13-11-16-1-8-23-13;;/h13,16H,1-12H2;2*1H. The van der Waals surface area contributed by atoms with Gasteiger partial charge in [-0.25, -0.2) is 0 Å². The van der Waals surface area contributed by atoms with Crippen LogP contribution in [0.5, 0.6) is 0 Å². The Bertz CT molecular complexity index is 424. The first-order valence-electron chi connectivity index (χ1n) is 8.43. The van der Waals surface area contributed by atoms with Gasteiger partial charge in [0.05, 0.1) is 26.4 Å². The third-order valence-electron chi connectivity index (χ3n) is 4.61. The highest BCUT2D eigenvalue weighted by Crippen LogP contribution is 2.08. The van der Waals surface area contributed by atoms with Crippen molar-refractivity contribution in [2.24, 2.45) is 0 Å². The van der Waals surface area contributed by atoms with Gasteiger partial charge in [-0.2, -0.15) is 0 Å². The van der Waals surface area contributed by atoms with Crippen LogP contribution >= 0.6 is 24.8 Å². The molecule has 1 unspecified atom stereocenters. The molecule has 0 spiro atoms. The number of carbonyl (C=O) groups excluding carboxylic acids is 2. The molecule has 3 aliphatic heterocycles. The average Bonchev–Trinajstić information content (AvgIpc) is 2.63. The summed E-state index contributed by atoms with van der Waals surface area (Å²) in [4.78, 5) is 30.5. The molecule has 25 heavy (non-hydrogen) atoms. The van der Waals surface area contributed by atoms with Crippen molar-refractivity contribution in [3.63, 3.8) is 0 Å². The largest absolute Gasteiger partial charge is 0.378 e. The van der Waals surface area contributed by atoms with Gasteiger partial charge in [0.2, 0.25) is 5.91 Å². The van der Waals surface area contributed by atoms with Gasteiger partial charge in [-0.1, -0.05) is 0 Å². The van der Waals surface area contributed by atoms with Crippen LogP contribution in [0, 0.1) is 0 Å². The molecule has 1 N–H and O–H groups in total. The number of hydrogen-bond acceptors (Lipinski definition) is 6. The Morgan fingerprint density at radius 2 is 1.60 bits per heavy atom. The van der Waals surface area contributed by atoms with Gasteiger partial charge < -0.3 is 24.6 Å². The monoisotopic (exact) mass is 398 g/mol. The fraction of sp³-hybridized carbons (Fsp3) is 0.867. The molecule has 0 saturated carbocycles. The Morgan fingerprint density at radius 3 is 2.20 bits per heavy atom. The molecule has 2 amide bonds. The van der Waals surface area contributed by atoms with Gasteiger partial charge in [0.15, 0.2) is 0 Å². The van der Waals surface area contributed by atoms with Crippen LogP contribution in [0.2, 0.25) is 0 Å². The Morgan fingerprint density at radius 1 is 0.920 bits per heavy atom. The molecule has 3 rings (SSSR count). The van der Waals surface area contributed by atoms with E-state index in [0.29, 0.717) is 59.1 Å². The summed E-state index contributed by atoms with van der Waals surface area (Å²) in [5.74, 6) is 0.226. The van der Waals surface area contributed by atoms with Crippen LogP contribution in [0.3, 0.4) is 0 Å². The summed E-state index contributed by atoms with van der Waals surface area (Å²) in [6.07, 6.45) is -0.356. The number of rotatable bonds is 3. The molecular weight excluding hydrogens is 371 g/mol. The number of nitrogens with one attached hydrogen (secondary N) is 1. The first-order valence-corrected chi connectivity index (χ1v) is 8.43. The lowest BCUT2D eigenvalue weighted by atomic mass is 10.2. The lowest BCUT2D eigenvalue weighted by Gasteiger charge is -2.37. The minimum Gasteiger partial charge on any atom is -0.378 e. The Kier molecular flexibility index (Phi) is 9.99. The molecule has 0 aliphatic carbocycles. The number of carbonyl (C=O) groups is 2. The van der Waals surface area contributed by atoms with E-state index in [1.54, 1.807) is 0 Å². The normalized spacial score (nSPS) is 24.9. The third kappa shape index (κ3) is 6.23. The minimum absolute atomic E-state index is 0. The summed E-state index contributed by atoms with van der Waals surface area (Å²) < 4.78 is 10.8. The maximum absolute atomic E-state index is 12.4. The predicted octanol–water partition coefficient (Wildman–Crippen LogP) is -1.18. The fourth-order valence-corrected chi connectivity index (χ4v) is 3.16. The minimum atomic E-state index is -0.356. The van der Waals surface area contributed by atoms with Crippen LogP contribution in [-0.4, -0.2) is 111 Å². The van der Waals surface area contributed by atoms with Gasteiger partial charge in [-0.05, 0) is 0 Å². The van der Waals surface area contributed by atoms with E-state index in [2.05, 4.69) is 10.2 Å². The second-order valence-corrected chi connectivity index (χ2v) is 6.16. The lowest BCUT2D eigenvalue weighted by molar-refractivity contribution is -0.147. The fourth-order valence-electron chi connectivity index (χ4n) is 3.16. The van der Waals surface area contributed by atoms with Gasteiger partial charge >= 0.3 is 0 Å². The number of morpholine rings is 2. The second kappa shape index (κ2) is 11.2. The maximum Gasteiger partial charge on any atom is 0.253 e. The van der Waals surface area contributed by atoms with E-state index < -0.39 is 0 Å². The zero-order valence-corrected chi connectivity index (χ0v) is 16.0. The van der Waals surface area contributed by atoms with Crippen LogP contribution in [0.25, 0.3) is 0 Å². The average molecular weight is 399 g/mol. The highest BCUT2D eigenvalue weighted by molar-refractivity contribution is 5.85. The molecule has 1 atom stereocenters. The first-order chi connectivity index (χ1) is 11.2. The number of ether oxygens (including phenoxy) is 2. The van der Waals surface area contributed by atoms with E-state index in [9.17, 15) is 9.59 Å². The zero-order valence-electron chi connectivity index (χ0n) is 14.4. The molecule has 3 fully saturated rings. The maximum atomic E-state index is 12.4. The molecule has 146 valence electrons. The van der Waals surface area contributed by atoms with Crippen molar-refractivity contribution >= 4 is 36.6 Å². The second-order valence-electron chi connectivity index (χ2n) is 6.16. The third-order valence-corrected chi connectivity index (χ3v) is 4.61. The Balaban J connectivity index is 0.00000156. The van der Waals surface area contributed by atoms with Gasteiger partial charge in [-0.15, -0.1) is 24.8 Å². The van der Waals surface area contributed by atoms with E-state index >= 15 is 0 Å². The number of hydrogen-bond donors (Lipinski definition) is 1.